The van der Waals surface area contributed by atoms with Crippen LogP contribution < -0.4 is 15.2 Å². The molecule has 3 aromatic carbocycles. The van der Waals surface area contributed by atoms with Crippen molar-refractivity contribution < 1.29 is 19.2 Å². The second-order valence-electron chi connectivity index (χ2n) is 11.9. The number of hydrazine groups is 1. The Morgan fingerprint density at radius 2 is 1.65 bits per heavy atom. The number of hydrogen-bond acceptors (Lipinski definition) is 7. The quantitative estimate of drug-likeness (QED) is 0.305. The standard InChI is InChI=1S/C31H30N8O4/c1-17(2)24-23-15-14-22-25(24)28(42)39(27(22)41)38(23)30(43)37(21-12-10-20(11-13-21)31(3,4)5)16-18-6-8-19(9-7-18)26(40)32-29-33-35-36-34-29/h6-15,17H,16H2,1-5H3,(H2,32,33,34,35,36,40). The van der Waals surface area contributed by atoms with Crippen molar-refractivity contribution in [2.24, 2.45) is 0 Å². The number of H-pyrrole nitrogens is 1. The zero-order chi connectivity index (χ0) is 30.6. The van der Waals surface area contributed by atoms with Crippen LogP contribution in [0.5, 0.6) is 0 Å². The summed E-state index contributed by atoms with van der Waals surface area (Å²) in [5.74, 6) is -1.48. The Kier molecular flexibility index (Phi) is 6.56. The van der Waals surface area contributed by atoms with Gasteiger partial charge in [-0.05, 0) is 69.6 Å². The van der Waals surface area contributed by atoms with Crippen LogP contribution in [0.3, 0.4) is 0 Å². The monoisotopic (exact) mass is 578 g/mol. The number of carbonyl (C=O) groups excluding carboxylic acids is 4. The van der Waals surface area contributed by atoms with Gasteiger partial charge in [-0.2, -0.15) is 15.2 Å². The van der Waals surface area contributed by atoms with Gasteiger partial charge in [-0.15, -0.1) is 5.10 Å². The number of amides is 5. The van der Waals surface area contributed by atoms with Crippen molar-refractivity contribution in [3.63, 3.8) is 0 Å². The first-order chi connectivity index (χ1) is 20.5. The summed E-state index contributed by atoms with van der Waals surface area (Å²) in [7, 11) is 0. The molecule has 0 fully saturated rings. The Bertz CT molecular complexity index is 1760. The van der Waals surface area contributed by atoms with E-state index in [1.165, 1.54) is 9.91 Å². The molecule has 218 valence electrons. The molecular weight excluding hydrogens is 548 g/mol. The fourth-order valence-corrected chi connectivity index (χ4v) is 5.43. The van der Waals surface area contributed by atoms with Crippen LogP contribution in [0.25, 0.3) is 0 Å². The Hall–Kier alpha value is -5.39. The van der Waals surface area contributed by atoms with Crippen molar-refractivity contribution in [3.8, 4) is 0 Å². The lowest BCUT2D eigenvalue weighted by molar-refractivity contribution is 0.0640. The summed E-state index contributed by atoms with van der Waals surface area (Å²) in [5.41, 5.74) is 4.53. The normalized spacial score (nSPS) is 13.7. The topological polar surface area (TPSA) is 144 Å². The minimum Gasteiger partial charge on any atom is -0.288 e. The molecule has 12 heteroatoms. The van der Waals surface area contributed by atoms with Crippen molar-refractivity contribution in [1.29, 1.82) is 0 Å². The predicted octanol–water partition coefficient (Wildman–Crippen LogP) is 5.03. The van der Waals surface area contributed by atoms with Gasteiger partial charge >= 0.3 is 6.03 Å². The average Bonchev–Trinajstić information content (AvgIpc) is 3.51. The van der Waals surface area contributed by atoms with Gasteiger partial charge in [0.25, 0.3) is 23.7 Å². The Morgan fingerprint density at radius 1 is 0.953 bits per heavy atom. The van der Waals surface area contributed by atoms with Gasteiger partial charge in [0.2, 0.25) is 0 Å². The number of nitrogens with one attached hydrogen (secondary N) is 2. The summed E-state index contributed by atoms with van der Waals surface area (Å²) in [6, 6.07) is 17.2. The molecule has 43 heavy (non-hydrogen) atoms. The highest BCUT2D eigenvalue weighted by molar-refractivity contribution is 6.28. The first-order valence-corrected chi connectivity index (χ1v) is 13.9. The van der Waals surface area contributed by atoms with Crippen molar-refractivity contribution >= 4 is 41.1 Å². The lowest BCUT2D eigenvalue weighted by Gasteiger charge is -2.38. The Labute approximate surface area is 247 Å². The molecule has 0 saturated carbocycles. The number of aromatic amines is 1. The minimum atomic E-state index is -0.552. The fraction of sp³-hybridized carbons (Fsp3) is 0.258. The van der Waals surface area contributed by atoms with Crippen molar-refractivity contribution in [2.75, 3.05) is 15.2 Å². The van der Waals surface area contributed by atoms with E-state index in [0.29, 0.717) is 33.6 Å². The summed E-state index contributed by atoms with van der Waals surface area (Å²) in [6.07, 6.45) is 0. The van der Waals surface area contributed by atoms with Gasteiger partial charge in [0.1, 0.15) is 0 Å². The van der Waals surface area contributed by atoms with Crippen LogP contribution in [0, 0.1) is 0 Å². The van der Waals surface area contributed by atoms with E-state index in [4.69, 9.17) is 0 Å². The van der Waals surface area contributed by atoms with Crippen LogP contribution in [-0.2, 0) is 12.0 Å². The smallest absolute Gasteiger partial charge is 0.288 e. The summed E-state index contributed by atoms with van der Waals surface area (Å²) < 4.78 is 0. The first kappa shape index (κ1) is 27.8. The molecule has 6 rings (SSSR count). The summed E-state index contributed by atoms with van der Waals surface area (Å²) in [4.78, 5) is 55.4. The number of fused-ring (bicyclic) bond motifs is 2. The van der Waals surface area contributed by atoms with Crippen LogP contribution in [0.1, 0.15) is 88.3 Å². The van der Waals surface area contributed by atoms with Crippen LogP contribution in [0.15, 0.2) is 60.7 Å². The van der Waals surface area contributed by atoms with E-state index in [1.54, 1.807) is 36.4 Å². The number of nitrogens with zero attached hydrogens (tertiary/aromatic N) is 6. The fourth-order valence-electron chi connectivity index (χ4n) is 5.43. The molecule has 3 bridgehead atoms. The molecule has 0 spiro atoms. The van der Waals surface area contributed by atoms with Gasteiger partial charge < -0.3 is 0 Å². The van der Waals surface area contributed by atoms with E-state index in [2.05, 4.69) is 46.7 Å². The van der Waals surface area contributed by atoms with Gasteiger partial charge in [0, 0.05) is 11.3 Å². The van der Waals surface area contributed by atoms with Crippen LogP contribution in [0.2, 0.25) is 0 Å². The maximum absolute atomic E-state index is 14.5. The molecule has 1 aromatic heterocycles. The number of urea groups is 1. The molecule has 2 N–H and O–H groups in total. The van der Waals surface area contributed by atoms with Crippen molar-refractivity contribution in [3.05, 3.63) is 94.0 Å². The summed E-state index contributed by atoms with van der Waals surface area (Å²) in [5, 5.41) is 17.8. The third kappa shape index (κ3) is 4.70. The van der Waals surface area contributed by atoms with Gasteiger partial charge in [0.15, 0.2) is 0 Å². The third-order valence-electron chi connectivity index (χ3n) is 7.64. The molecule has 2 aliphatic rings. The number of rotatable bonds is 6. The number of aromatic nitrogens is 4. The lowest BCUT2D eigenvalue weighted by Crippen LogP contribution is -2.56. The molecule has 0 aliphatic carbocycles. The molecule has 3 heterocycles. The molecular formula is C31H30N8O4. The van der Waals surface area contributed by atoms with Gasteiger partial charge in [-0.1, -0.05) is 64.0 Å². The Balaban J connectivity index is 1.36. The summed E-state index contributed by atoms with van der Waals surface area (Å²) >= 11 is 0. The lowest BCUT2D eigenvalue weighted by atomic mass is 9.87. The zero-order valence-corrected chi connectivity index (χ0v) is 24.4. The molecule has 12 nitrogen and oxygen atoms in total. The highest BCUT2D eigenvalue weighted by atomic mass is 16.2. The van der Waals surface area contributed by atoms with Gasteiger partial charge in [-0.3, -0.25) is 24.6 Å². The maximum atomic E-state index is 14.5. The second kappa shape index (κ2) is 10.2. The van der Waals surface area contributed by atoms with Crippen molar-refractivity contribution in [1.82, 2.24) is 25.6 Å². The van der Waals surface area contributed by atoms with E-state index in [9.17, 15) is 19.2 Å². The van der Waals surface area contributed by atoms with Crippen LogP contribution in [-0.4, -0.2) is 49.4 Å². The van der Waals surface area contributed by atoms with E-state index < -0.39 is 23.8 Å². The largest absolute Gasteiger partial charge is 0.348 e. The molecule has 0 saturated heterocycles. The molecule has 5 amide bonds. The zero-order valence-electron chi connectivity index (χ0n) is 24.4. The molecule has 2 aliphatic heterocycles. The molecule has 0 atom stereocenters. The van der Waals surface area contributed by atoms with E-state index >= 15 is 0 Å². The number of tetrazole rings is 1. The number of anilines is 3. The first-order valence-electron chi connectivity index (χ1n) is 13.9. The second-order valence-corrected chi connectivity index (χ2v) is 11.9. The van der Waals surface area contributed by atoms with Crippen LogP contribution >= 0.6 is 0 Å². The third-order valence-corrected chi connectivity index (χ3v) is 7.64. The van der Waals surface area contributed by atoms with E-state index in [0.717, 1.165) is 16.1 Å². The van der Waals surface area contributed by atoms with E-state index in [-0.39, 0.29) is 23.8 Å². The minimum absolute atomic E-state index is 0.0499. The molecule has 0 radical (unpaired) electrons. The highest BCUT2D eigenvalue weighted by Gasteiger charge is 2.50. The number of imide groups is 1. The van der Waals surface area contributed by atoms with Crippen molar-refractivity contribution in [2.45, 2.75) is 52.5 Å². The average molecular weight is 579 g/mol. The predicted molar refractivity (Wildman–Crippen MR) is 159 cm³/mol. The summed E-state index contributed by atoms with van der Waals surface area (Å²) in [6.45, 7) is 10.3. The molecule has 4 aromatic rings. The number of hydrogen-bond donors (Lipinski definition) is 2. The SMILES string of the molecule is CC(C)c1c2ccc3c1C(=O)N(C3=O)N2C(=O)N(Cc1ccc(C(=O)Nc2nn[nH]n2)cc1)c1ccc(C(C)(C)C)cc1. The number of carbonyl (C=O) groups is 4. The highest BCUT2D eigenvalue weighted by Crippen LogP contribution is 2.44. The molecule has 0 unspecified atom stereocenters. The maximum Gasteiger partial charge on any atom is 0.348 e. The van der Waals surface area contributed by atoms with Gasteiger partial charge in [-0.25, -0.2) is 4.79 Å². The Morgan fingerprint density at radius 3 is 2.26 bits per heavy atom. The van der Waals surface area contributed by atoms with Crippen LogP contribution in [0.4, 0.5) is 22.1 Å². The van der Waals surface area contributed by atoms with Gasteiger partial charge in [0.05, 0.1) is 23.4 Å². The van der Waals surface area contributed by atoms with E-state index in [1.807, 2.05) is 38.1 Å². The number of benzene rings is 3.